The lowest BCUT2D eigenvalue weighted by Crippen LogP contribution is -2.27. The molecule has 0 saturated carbocycles. The average molecular weight is 312 g/mol. The van der Waals surface area contributed by atoms with Crippen molar-refractivity contribution in [3.8, 4) is 5.88 Å². The van der Waals surface area contributed by atoms with Crippen LogP contribution in [0.25, 0.3) is 0 Å². The van der Waals surface area contributed by atoms with Gasteiger partial charge in [0.1, 0.15) is 0 Å². The van der Waals surface area contributed by atoms with Gasteiger partial charge in [-0.2, -0.15) is 0 Å². The van der Waals surface area contributed by atoms with Gasteiger partial charge in [0.05, 0.1) is 18.5 Å². The molecule has 1 aromatic heterocycles. The molecule has 0 unspecified atom stereocenters. The van der Waals surface area contributed by atoms with Crippen molar-refractivity contribution in [3.05, 3.63) is 17.8 Å². The Bertz CT molecular complexity index is 433. The van der Waals surface area contributed by atoms with Crippen LogP contribution in [-0.4, -0.2) is 21.3 Å². The molecule has 0 radical (unpaired) electrons. The molecule has 0 aliphatic heterocycles. The number of amides is 1. The smallest absolute Gasteiger partial charge is 0.276 e. The first-order chi connectivity index (χ1) is 8.34. The molecule has 0 aliphatic rings. The van der Waals surface area contributed by atoms with Crippen LogP contribution in [0.5, 0.6) is 5.88 Å². The summed E-state index contributed by atoms with van der Waals surface area (Å²) in [6, 6.07) is 1.70. The Morgan fingerprint density at radius 2 is 2.17 bits per heavy atom. The number of aryl methyl sites for hydroxylation is 1. The summed E-state index contributed by atoms with van der Waals surface area (Å²) in [4.78, 5) is 15.5. The highest BCUT2D eigenvalue weighted by atomic mass is 35.6. The van der Waals surface area contributed by atoms with Gasteiger partial charge < -0.3 is 10.1 Å². The number of ether oxygens (including phenoxy) is 1. The number of pyridine rings is 1. The minimum Gasteiger partial charge on any atom is -0.477 e. The Balaban J connectivity index is 2.75. The van der Waals surface area contributed by atoms with Gasteiger partial charge in [0.15, 0.2) is 0 Å². The van der Waals surface area contributed by atoms with Gasteiger partial charge in [0, 0.05) is 5.56 Å². The van der Waals surface area contributed by atoms with Crippen LogP contribution in [0, 0.1) is 6.92 Å². The summed E-state index contributed by atoms with van der Waals surface area (Å²) in [5.41, 5.74) is 1.25. The van der Waals surface area contributed by atoms with E-state index in [0.717, 1.165) is 12.0 Å². The molecule has 1 rings (SSSR count). The van der Waals surface area contributed by atoms with E-state index in [9.17, 15) is 4.79 Å². The number of halogens is 3. The van der Waals surface area contributed by atoms with Crippen LogP contribution in [0.1, 0.15) is 18.9 Å². The monoisotopic (exact) mass is 310 g/mol. The minimum absolute atomic E-state index is 0.452. The molecule has 0 aromatic carbocycles. The van der Waals surface area contributed by atoms with Gasteiger partial charge in [-0.15, -0.1) is 0 Å². The second kappa shape index (κ2) is 6.45. The molecular formula is C11H13Cl3N2O2. The molecular weight excluding hydrogens is 298 g/mol. The minimum atomic E-state index is -1.99. The zero-order valence-corrected chi connectivity index (χ0v) is 12.2. The summed E-state index contributed by atoms with van der Waals surface area (Å²) < 4.78 is 3.42. The largest absolute Gasteiger partial charge is 0.477 e. The van der Waals surface area contributed by atoms with Gasteiger partial charge in [-0.1, -0.05) is 41.7 Å². The van der Waals surface area contributed by atoms with Crippen molar-refractivity contribution >= 4 is 46.4 Å². The second-order valence-corrected chi connectivity index (χ2v) is 5.93. The van der Waals surface area contributed by atoms with Crippen LogP contribution in [-0.2, 0) is 4.79 Å². The second-order valence-electron chi connectivity index (χ2n) is 3.65. The van der Waals surface area contributed by atoms with E-state index in [0.29, 0.717) is 18.2 Å². The van der Waals surface area contributed by atoms with E-state index in [1.54, 1.807) is 6.07 Å². The summed E-state index contributed by atoms with van der Waals surface area (Å²) in [7, 11) is 0. The van der Waals surface area contributed by atoms with Crippen LogP contribution in [0.2, 0.25) is 0 Å². The van der Waals surface area contributed by atoms with Gasteiger partial charge in [0.2, 0.25) is 5.88 Å². The quantitative estimate of drug-likeness (QED) is 0.866. The van der Waals surface area contributed by atoms with E-state index in [2.05, 4.69) is 10.3 Å². The molecule has 0 bridgehead atoms. The molecule has 0 aliphatic carbocycles. The Morgan fingerprint density at radius 3 is 2.67 bits per heavy atom. The third-order valence-electron chi connectivity index (χ3n) is 1.99. The van der Waals surface area contributed by atoms with Crippen molar-refractivity contribution in [3.63, 3.8) is 0 Å². The number of nitrogens with one attached hydrogen (secondary N) is 1. The number of carbonyl (C=O) groups is 1. The van der Waals surface area contributed by atoms with Gasteiger partial charge in [-0.25, -0.2) is 4.98 Å². The predicted octanol–water partition coefficient (Wildman–Crippen LogP) is 3.49. The van der Waals surface area contributed by atoms with Crippen molar-refractivity contribution in [1.82, 2.24) is 4.98 Å². The fourth-order valence-corrected chi connectivity index (χ4v) is 1.32. The zero-order valence-electron chi connectivity index (χ0n) is 9.97. The third-order valence-corrected chi connectivity index (χ3v) is 2.50. The van der Waals surface area contributed by atoms with Crippen molar-refractivity contribution in [2.45, 2.75) is 24.1 Å². The lowest BCUT2D eigenvalue weighted by atomic mass is 10.3. The van der Waals surface area contributed by atoms with Crippen LogP contribution in [0.4, 0.5) is 5.69 Å². The summed E-state index contributed by atoms with van der Waals surface area (Å²) in [5, 5.41) is 2.45. The van der Waals surface area contributed by atoms with Crippen molar-refractivity contribution in [1.29, 1.82) is 0 Å². The number of hydrogen-bond donors (Lipinski definition) is 1. The average Bonchev–Trinajstić information content (AvgIpc) is 2.26. The summed E-state index contributed by atoms with van der Waals surface area (Å²) in [5.74, 6) is -0.195. The first-order valence-corrected chi connectivity index (χ1v) is 6.45. The van der Waals surface area contributed by atoms with Crippen molar-refractivity contribution < 1.29 is 9.53 Å². The normalized spacial score (nSPS) is 11.2. The maximum Gasteiger partial charge on any atom is 0.276 e. The number of hydrogen-bond acceptors (Lipinski definition) is 3. The highest BCUT2D eigenvalue weighted by Gasteiger charge is 2.30. The van der Waals surface area contributed by atoms with Crippen molar-refractivity contribution in [2.75, 3.05) is 11.9 Å². The third kappa shape index (κ3) is 4.52. The lowest BCUT2D eigenvalue weighted by molar-refractivity contribution is -0.115. The van der Waals surface area contributed by atoms with Crippen LogP contribution in [0.3, 0.4) is 0 Å². The first kappa shape index (κ1) is 15.3. The Kier molecular flexibility index (Phi) is 5.50. The molecule has 4 nitrogen and oxygen atoms in total. The van der Waals surface area contributed by atoms with Gasteiger partial charge >= 0.3 is 0 Å². The number of alkyl halides is 3. The van der Waals surface area contributed by atoms with E-state index in [-0.39, 0.29) is 0 Å². The molecule has 1 amide bonds. The number of anilines is 1. The molecule has 0 spiro atoms. The SMILES string of the molecule is CCCOc1ncc(NC(=O)C(Cl)(Cl)Cl)cc1C. The molecule has 0 saturated heterocycles. The molecule has 1 aromatic rings. The summed E-state index contributed by atoms with van der Waals surface area (Å²) in [6.45, 7) is 4.42. The maximum absolute atomic E-state index is 11.4. The van der Waals surface area contributed by atoms with E-state index < -0.39 is 9.70 Å². The Morgan fingerprint density at radius 1 is 1.50 bits per heavy atom. The van der Waals surface area contributed by atoms with Gasteiger partial charge in [-0.3, -0.25) is 4.79 Å². The number of rotatable bonds is 4. The lowest BCUT2D eigenvalue weighted by Gasteiger charge is -2.12. The predicted molar refractivity (Wildman–Crippen MR) is 73.7 cm³/mol. The van der Waals surface area contributed by atoms with E-state index in [1.165, 1.54) is 6.20 Å². The van der Waals surface area contributed by atoms with Crippen LogP contribution >= 0.6 is 34.8 Å². The van der Waals surface area contributed by atoms with Gasteiger partial charge in [0.25, 0.3) is 9.70 Å². The first-order valence-electron chi connectivity index (χ1n) is 5.32. The highest BCUT2D eigenvalue weighted by molar-refractivity contribution is 6.76. The molecule has 7 heteroatoms. The molecule has 1 heterocycles. The van der Waals surface area contributed by atoms with Crippen molar-refractivity contribution in [2.24, 2.45) is 0 Å². The standard InChI is InChI=1S/C11H13Cl3N2O2/c1-3-4-18-9-7(2)5-8(6-15-9)16-10(17)11(12,13)14/h5-6H,3-4H2,1-2H3,(H,16,17). The molecule has 100 valence electrons. The van der Waals surface area contributed by atoms with E-state index >= 15 is 0 Å². The van der Waals surface area contributed by atoms with Gasteiger partial charge in [-0.05, 0) is 19.4 Å². The molecule has 1 N–H and O–H groups in total. The van der Waals surface area contributed by atoms with Crippen LogP contribution < -0.4 is 10.1 Å². The zero-order chi connectivity index (χ0) is 13.8. The number of aromatic nitrogens is 1. The molecule has 18 heavy (non-hydrogen) atoms. The Hall–Kier alpha value is -0.710. The van der Waals surface area contributed by atoms with Crippen LogP contribution in [0.15, 0.2) is 12.3 Å². The number of carbonyl (C=O) groups excluding carboxylic acids is 1. The topological polar surface area (TPSA) is 51.2 Å². The molecule has 0 fully saturated rings. The molecule has 0 atom stereocenters. The Labute approximate surface area is 121 Å². The summed E-state index contributed by atoms with van der Waals surface area (Å²) >= 11 is 16.3. The number of nitrogens with zero attached hydrogens (tertiary/aromatic N) is 1. The highest BCUT2D eigenvalue weighted by Crippen LogP contribution is 2.28. The van der Waals surface area contributed by atoms with E-state index in [1.807, 2.05) is 13.8 Å². The van der Waals surface area contributed by atoms with E-state index in [4.69, 9.17) is 39.5 Å². The maximum atomic E-state index is 11.4. The fourth-order valence-electron chi connectivity index (χ4n) is 1.18. The fraction of sp³-hybridized carbons (Fsp3) is 0.455. The summed E-state index contributed by atoms with van der Waals surface area (Å²) in [6.07, 6.45) is 2.35.